The Labute approximate surface area is 62.4 Å². The van der Waals surface area contributed by atoms with Gasteiger partial charge in [0.25, 0.3) is 0 Å². The van der Waals surface area contributed by atoms with Gasteiger partial charge in [0.15, 0.2) is 0 Å². The predicted octanol–water partition coefficient (Wildman–Crippen LogP) is 0.868. The van der Waals surface area contributed by atoms with Crippen molar-refractivity contribution in [3.8, 4) is 0 Å². The smallest absolute Gasteiger partial charge is 0.653 e. The summed E-state index contributed by atoms with van der Waals surface area (Å²) < 4.78 is 4.27. The summed E-state index contributed by atoms with van der Waals surface area (Å²) in [5, 5.41) is 0. The second-order valence-corrected chi connectivity index (χ2v) is 1.29. The fourth-order valence-corrected chi connectivity index (χ4v) is 0.258. The first kappa shape index (κ1) is 11.0. The molecular formula is C5H9O2Ru. The van der Waals surface area contributed by atoms with Gasteiger partial charge in [-0.2, -0.15) is 0 Å². The Bertz CT molecular complexity index is 47.7. The number of rotatable bonds is 4. The van der Waals surface area contributed by atoms with Gasteiger partial charge in [-0.1, -0.05) is 19.8 Å². The molecule has 0 saturated carbocycles. The molecule has 8 heavy (non-hydrogen) atoms. The van der Waals surface area contributed by atoms with Crippen LogP contribution in [-0.4, -0.2) is 13.1 Å². The molecule has 0 amide bonds. The van der Waals surface area contributed by atoms with Gasteiger partial charge in [0.05, 0.1) is 0 Å². The fraction of sp³-hybridized carbons (Fsp3) is 0.800. The predicted molar refractivity (Wildman–Crippen MR) is 26.6 cm³/mol. The van der Waals surface area contributed by atoms with E-state index in [0.717, 1.165) is 12.8 Å². The molecular weight excluding hydrogens is 193 g/mol. The molecule has 3 heteroatoms. The Morgan fingerprint density at radius 2 is 2.25 bits per heavy atom. The minimum Gasteiger partial charge on any atom is -0.653 e. The van der Waals surface area contributed by atoms with Crippen molar-refractivity contribution in [3.05, 3.63) is 0 Å². The first-order valence-electron chi connectivity index (χ1n) is 2.40. The van der Waals surface area contributed by atoms with Crippen LogP contribution in [0.5, 0.6) is 0 Å². The standard InChI is InChI=1S/C5H9O2.Ru/c1-2-3-4-7-5-6;/h2-4H2,1H3;/q-1;+1. The van der Waals surface area contributed by atoms with Crippen molar-refractivity contribution in [2.75, 3.05) is 6.61 Å². The molecule has 49 valence electrons. The molecule has 0 aromatic heterocycles. The van der Waals surface area contributed by atoms with Crippen LogP contribution in [0.1, 0.15) is 19.8 Å². The van der Waals surface area contributed by atoms with E-state index in [1.807, 2.05) is 6.92 Å². The molecule has 2 nitrogen and oxygen atoms in total. The average molecular weight is 202 g/mol. The maximum absolute atomic E-state index is 9.33. The molecule has 0 fully saturated rings. The third-order valence-electron chi connectivity index (χ3n) is 0.659. The number of carbonyl (C=O) groups excluding carboxylic acids is 1. The topological polar surface area (TPSA) is 26.3 Å². The fourth-order valence-electron chi connectivity index (χ4n) is 0.258. The summed E-state index contributed by atoms with van der Waals surface area (Å²) in [6.07, 6.45) is 2.00. The van der Waals surface area contributed by atoms with Crippen LogP contribution in [0.2, 0.25) is 0 Å². The van der Waals surface area contributed by atoms with Crippen LogP contribution >= 0.6 is 0 Å². The van der Waals surface area contributed by atoms with Gasteiger partial charge in [-0.3, -0.25) is 0 Å². The summed E-state index contributed by atoms with van der Waals surface area (Å²) in [4.78, 5) is 9.33. The molecule has 0 unspecified atom stereocenters. The normalized spacial score (nSPS) is 7.12. The third kappa shape index (κ3) is 9.43. The van der Waals surface area contributed by atoms with Crippen molar-refractivity contribution in [3.63, 3.8) is 0 Å². The average Bonchev–Trinajstić information content (AvgIpc) is 1.69. The summed E-state index contributed by atoms with van der Waals surface area (Å²) >= 11 is 0. The van der Waals surface area contributed by atoms with Crippen molar-refractivity contribution >= 4 is 6.47 Å². The van der Waals surface area contributed by atoms with Gasteiger partial charge >= 0.3 is 19.5 Å². The van der Waals surface area contributed by atoms with Crippen LogP contribution in [0.4, 0.5) is 0 Å². The molecule has 0 atom stereocenters. The van der Waals surface area contributed by atoms with Gasteiger partial charge in [0, 0.05) is 6.61 Å². The van der Waals surface area contributed by atoms with Crippen LogP contribution in [0, 0.1) is 0 Å². The summed E-state index contributed by atoms with van der Waals surface area (Å²) in [6, 6.07) is 0. The first-order valence-corrected chi connectivity index (χ1v) is 2.40. The van der Waals surface area contributed by atoms with Crippen LogP contribution < -0.4 is 0 Å². The molecule has 1 radical (unpaired) electrons. The Kier molecular flexibility index (Phi) is 13.9. The van der Waals surface area contributed by atoms with E-state index in [0.29, 0.717) is 6.61 Å². The summed E-state index contributed by atoms with van der Waals surface area (Å²) in [6.45, 7) is 3.90. The van der Waals surface area contributed by atoms with Crippen molar-refractivity contribution < 1.29 is 29.0 Å². The maximum atomic E-state index is 9.33. The van der Waals surface area contributed by atoms with E-state index in [-0.39, 0.29) is 19.5 Å². The van der Waals surface area contributed by atoms with Gasteiger partial charge in [0.1, 0.15) is 0 Å². The summed E-state index contributed by atoms with van der Waals surface area (Å²) in [5.74, 6) is 0. The monoisotopic (exact) mass is 203 g/mol. The van der Waals surface area contributed by atoms with Gasteiger partial charge < -0.3 is 9.53 Å². The van der Waals surface area contributed by atoms with Crippen molar-refractivity contribution in [1.82, 2.24) is 0 Å². The molecule has 0 aromatic carbocycles. The number of hydrogen-bond donors (Lipinski definition) is 0. The Hall–Kier alpha value is 0.0934. The van der Waals surface area contributed by atoms with Crippen molar-refractivity contribution in [1.29, 1.82) is 0 Å². The molecule has 0 aliphatic heterocycles. The first-order chi connectivity index (χ1) is 3.41. The molecule has 0 aromatic rings. The molecule has 0 aliphatic rings. The molecule has 0 N–H and O–H groups in total. The van der Waals surface area contributed by atoms with Crippen LogP contribution in [0.3, 0.4) is 0 Å². The third-order valence-corrected chi connectivity index (χ3v) is 0.659. The number of hydrogen-bond acceptors (Lipinski definition) is 2. The molecule has 0 saturated heterocycles. The van der Waals surface area contributed by atoms with E-state index in [1.54, 1.807) is 0 Å². The zero-order chi connectivity index (χ0) is 5.54. The summed E-state index contributed by atoms with van der Waals surface area (Å²) in [5.41, 5.74) is 0. The summed E-state index contributed by atoms with van der Waals surface area (Å²) in [7, 11) is 0. The van der Waals surface area contributed by atoms with E-state index >= 15 is 0 Å². The van der Waals surface area contributed by atoms with E-state index in [2.05, 4.69) is 4.74 Å². The van der Waals surface area contributed by atoms with Crippen LogP contribution in [-0.2, 0) is 29.0 Å². The second-order valence-electron chi connectivity index (χ2n) is 1.29. The molecule has 0 aliphatic carbocycles. The Balaban J connectivity index is 0. The van der Waals surface area contributed by atoms with Crippen LogP contribution in [0.15, 0.2) is 0 Å². The van der Waals surface area contributed by atoms with E-state index in [9.17, 15) is 4.79 Å². The van der Waals surface area contributed by atoms with Gasteiger partial charge in [-0.15, -0.1) is 0 Å². The SMILES string of the molecule is CCCCO[C-]=O.[Ru+]. The molecule has 0 spiro atoms. The van der Waals surface area contributed by atoms with Crippen molar-refractivity contribution in [2.45, 2.75) is 19.8 Å². The largest absolute Gasteiger partial charge is 1.00 e. The van der Waals surface area contributed by atoms with Gasteiger partial charge in [-0.25, -0.2) is 0 Å². The van der Waals surface area contributed by atoms with Gasteiger partial charge in [0.2, 0.25) is 0 Å². The minimum atomic E-state index is 0. The van der Waals surface area contributed by atoms with E-state index < -0.39 is 0 Å². The van der Waals surface area contributed by atoms with E-state index in [4.69, 9.17) is 0 Å². The maximum Gasteiger partial charge on any atom is 1.00 e. The zero-order valence-electron chi connectivity index (χ0n) is 4.79. The van der Waals surface area contributed by atoms with E-state index in [1.165, 1.54) is 6.47 Å². The molecule has 0 rings (SSSR count). The minimum absolute atomic E-state index is 0. The van der Waals surface area contributed by atoms with Crippen molar-refractivity contribution in [2.24, 2.45) is 0 Å². The second kappa shape index (κ2) is 10.2. The molecule has 0 heterocycles. The van der Waals surface area contributed by atoms with Gasteiger partial charge in [-0.05, 0) is 6.42 Å². The zero-order valence-corrected chi connectivity index (χ0v) is 6.53. The Morgan fingerprint density at radius 1 is 1.62 bits per heavy atom. The number of unbranched alkanes of at least 4 members (excludes halogenated alkanes) is 1. The van der Waals surface area contributed by atoms with Crippen LogP contribution in [0.25, 0.3) is 0 Å². The Morgan fingerprint density at radius 3 is 2.62 bits per heavy atom. The quantitative estimate of drug-likeness (QED) is 0.384. The molecule has 0 bridgehead atoms. The number of ether oxygens (including phenoxy) is 1.